The Hall–Kier alpha value is -1.12. The molecule has 74 valence electrons. The van der Waals surface area contributed by atoms with Crippen molar-refractivity contribution in [2.75, 3.05) is 4.90 Å². The Balaban J connectivity index is 1.92. The average molecular weight is 189 g/mol. The third-order valence-electron chi connectivity index (χ3n) is 3.45. The molecule has 3 rings (SSSR count). The summed E-state index contributed by atoms with van der Waals surface area (Å²) in [5, 5.41) is 0. The molecule has 0 aliphatic carbocycles. The second-order valence-corrected chi connectivity index (χ2v) is 4.43. The molecular formula is C11H15N3. The van der Waals surface area contributed by atoms with E-state index in [0.717, 1.165) is 23.6 Å². The minimum atomic E-state index is 0.725. The van der Waals surface area contributed by atoms with E-state index in [1.165, 1.54) is 25.7 Å². The van der Waals surface area contributed by atoms with Crippen LogP contribution in [-0.2, 0) is 0 Å². The first-order chi connectivity index (χ1) is 6.84. The Morgan fingerprint density at radius 3 is 2.07 bits per heavy atom. The van der Waals surface area contributed by atoms with E-state index in [1.807, 2.05) is 19.3 Å². The average Bonchev–Trinajstić information content (AvgIpc) is 2.78. The predicted octanol–water partition coefficient (Wildman–Crippen LogP) is 1.92. The summed E-state index contributed by atoms with van der Waals surface area (Å²) in [6.07, 6.45) is 9.17. The number of rotatable bonds is 1. The van der Waals surface area contributed by atoms with Crippen molar-refractivity contribution >= 4 is 5.95 Å². The van der Waals surface area contributed by atoms with Crippen molar-refractivity contribution in [3.8, 4) is 0 Å². The fraction of sp³-hybridized carbons (Fsp3) is 0.636. The Labute approximate surface area is 84.2 Å². The molecule has 0 amide bonds. The molecule has 3 nitrogen and oxygen atoms in total. The summed E-state index contributed by atoms with van der Waals surface area (Å²) in [6, 6.07) is 1.45. The van der Waals surface area contributed by atoms with Crippen molar-refractivity contribution in [2.24, 2.45) is 0 Å². The zero-order chi connectivity index (χ0) is 9.54. The highest BCUT2D eigenvalue weighted by Crippen LogP contribution is 2.39. The fourth-order valence-electron chi connectivity index (χ4n) is 2.76. The summed E-state index contributed by atoms with van der Waals surface area (Å²) in [6.45, 7) is 2.03. The number of hydrogen-bond donors (Lipinski definition) is 0. The van der Waals surface area contributed by atoms with Crippen molar-refractivity contribution in [3.05, 3.63) is 18.0 Å². The van der Waals surface area contributed by atoms with Crippen LogP contribution in [0.25, 0.3) is 0 Å². The number of hydrogen-bond acceptors (Lipinski definition) is 3. The molecule has 0 aromatic carbocycles. The van der Waals surface area contributed by atoms with Gasteiger partial charge in [0.25, 0.3) is 0 Å². The van der Waals surface area contributed by atoms with Crippen molar-refractivity contribution in [3.63, 3.8) is 0 Å². The zero-order valence-electron chi connectivity index (χ0n) is 8.48. The number of aromatic nitrogens is 2. The quantitative estimate of drug-likeness (QED) is 0.675. The number of aryl methyl sites for hydroxylation is 1. The van der Waals surface area contributed by atoms with Crippen molar-refractivity contribution in [1.82, 2.24) is 9.97 Å². The molecule has 0 atom stereocenters. The Bertz CT molecular complexity index is 313. The molecule has 0 radical (unpaired) electrons. The van der Waals surface area contributed by atoms with Gasteiger partial charge in [0.15, 0.2) is 0 Å². The second kappa shape index (κ2) is 2.94. The highest BCUT2D eigenvalue weighted by Gasteiger charge is 2.40. The van der Waals surface area contributed by atoms with Gasteiger partial charge < -0.3 is 4.90 Å². The van der Waals surface area contributed by atoms with Gasteiger partial charge in [-0.15, -0.1) is 0 Å². The van der Waals surface area contributed by atoms with Gasteiger partial charge in [0.05, 0.1) is 0 Å². The van der Waals surface area contributed by atoms with Crippen LogP contribution in [0.15, 0.2) is 12.4 Å². The first kappa shape index (κ1) is 8.21. The molecule has 0 saturated carbocycles. The minimum Gasteiger partial charge on any atom is -0.335 e. The van der Waals surface area contributed by atoms with Crippen LogP contribution in [0.3, 0.4) is 0 Å². The molecule has 2 bridgehead atoms. The van der Waals surface area contributed by atoms with Gasteiger partial charge in [0.2, 0.25) is 5.95 Å². The van der Waals surface area contributed by atoms with Gasteiger partial charge in [0, 0.05) is 24.5 Å². The summed E-state index contributed by atoms with van der Waals surface area (Å²) >= 11 is 0. The summed E-state index contributed by atoms with van der Waals surface area (Å²) in [4.78, 5) is 11.3. The van der Waals surface area contributed by atoms with Crippen molar-refractivity contribution in [2.45, 2.75) is 44.7 Å². The highest BCUT2D eigenvalue weighted by molar-refractivity contribution is 5.38. The van der Waals surface area contributed by atoms with Crippen molar-refractivity contribution in [1.29, 1.82) is 0 Å². The van der Waals surface area contributed by atoms with Crippen LogP contribution in [0.4, 0.5) is 5.95 Å². The SMILES string of the molecule is Cc1cnc(N2C3CCC2CC3)nc1. The predicted molar refractivity (Wildman–Crippen MR) is 55.3 cm³/mol. The van der Waals surface area contributed by atoms with Gasteiger partial charge in [-0.2, -0.15) is 0 Å². The number of fused-ring (bicyclic) bond motifs is 2. The molecule has 2 saturated heterocycles. The minimum absolute atomic E-state index is 0.725. The molecule has 2 fully saturated rings. The molecule has 14 heavy (non-hydrogen) atoms. The molecule has 2 aliphatic heterocycles. The van der Waals surface area contributed by atoms with E-state index in [-0.39, 0.29) is 0 Å². The van der Waals surface area contributed by atoms with Gasteiger partial charge in [-0.25, -0.2) is 9.97 Å². The first-order valence-electron chi connectivity index (χ1n) is 5.41. The smallest absolute Gasteiger partial charge is 0.225 e. The summed E-state index contributed by atoms with van der Waals surface area (Å²) in [5.41, 5.74) is 1.14. The lowest BCUT2D eigenvalue weighted by atomic mass is 10.0. The monoisotopic (exact) mass is 189 g/mol. The zero-order valence-corrected chi connectivity index (χ0v) is 8.48. The van der Waals surface area contributed by atoms with Crippen LogP contribution in [-0.4, -0.2) is 22.1 Å². The lowest BCUT2D eigenvalue weighted by Gasteiger charge is -2.21. The van der Waals surface area contributed by atoms with E-state index in [1.54, 1.807) is 0 Å². The molecule has 2 aliphatic rings. The maximum atomic E-state index is 4.42. The first-order valence-corrected chi connectivity index (χ1v) is 5.41. The fourth-order valence-corrected chi connectivity index (χ4v) is 2.76. The maximum absolute atomic E-state index is 4.42. The molecule has 3 heteroatoms. The van der Waals surface area contributed by atoms with E-state index in [4.69, 9.17) is 0 Å². The molecule has 0 N–H and O–H groups in total. The molecule has 0 unspecified atom stereocenters. The number of nitrogens with zero attached hydrogens (tertiary/aromatic N) is 3. The lowest BCUT2D eigenvalue weighted by Crippen LogP contribution is -2.29. The summed E-state index contributed by atoms with van der Waals surface area (Å²) in [7, 11) is 0. The summed E-state index contributed by atoms with van der Waals surface area (Å²) in [5.74, 6) is 0.945. The molecule has 1 aromatic heterocycles. The van der Waals surface area contributed by atoms with Gasteiger partial charge in [-0.05, 0) is 38.2 Å². The molecular weight excluding hydrogens is 174 g/mol. The largest absolute Gasteiger partial charge is 0.335 e. The van der Waals surface area contributed by atoms with Gasteiger partial charge in [-0.1, -0.05) is 0 Å². The Kier molecular flexibility index (Phi) is 1.72. The highest BCUT2D eigenvalue weighted by atomic mass is 15.3. The lowest BCUT2D eigenvalue weighted by molar-refractivity contribution is 0.576. The van der Waals surface area contributed by atoms with Crippen LogP contribution >= 0.6 is 0 Å². The van der Waals surface area contributed by atoms with E-state index in [0.29, 0.717) is 0 Å². The van der Waals surface area contributed by atoms with E-state index >= 15 is 0 Å². The van der Waals surface area contributed by atoms with E-state index < -0.39 is 0 Å². The van der Waals surface area contributed by atoms with Crippen LogP contribution in [0.2, 0.25) is 0 Å². The summed E-state index contributed by atoms with van der Waals surface area (Å²) < 4.78 is 0. The maximum Gasteiger partial charge on any atom is 0.225 e. The standard InChI is InChI=1S/C11H15N3/c1-8-6-12-11(13-7-8)14-9-2-3-10(14)5-4-9/h6-7,9-10H,2-5H2,1H3. The topological polar surface area (TPSA) is 29.0 Å². The van der Waals surface area contributed by atoms with E-state index in [2.05, 4.69) is 14.9 Å². The molecule has 1 aromatic rings. The van der Waals surface area contributed by atoms with Crippen LogP contribution in [0, 0.1) is 6.92 Å². The van der Waals surface area contributed by atoms with Gasteiger partial charge >= 0.3 is 0 Å². The number of anilines is 1. The van der Waals surface area contributed by atoms with Crippen LogP contribution in [0.1, 0.15) is 31.2 Å². The third-order valence-corrected chi connectivity index (χ3v) is 3.45. The second-order valence-electron chi connectivity index (χ2n) is 4.43. The van der Waals surface area contributed by atoms with E-state index in [9.17, 15) is 0 Å². The van der Waals surface area contributed by atoms with Crippen molar-refractivity contribution < 1.29 is 0 Å². The molecule has 3 heterocycles. The van der Waals surface area contributed by atoms with Crippen LogP contribution < -0.4 is 4.90 Å². The van der Waals surface area contributed by atoms with Crippen LogP contribution in [0.5, 0.6) is 0 Å². The molecule has 0 spiro atoms. The Morgan fingerprint density at radius 1 is 1.07 bits per heavy atom. The Morgan fingerprint density at radius 2 is 1.57 bits per heavy atom. The van der Waals surface area contributed by atoms with Gasteiger partial charge in [-0.3, -0.25) is 0 Å². The van der Waals surface area contributed by atoms with Gasteiger partial charge in [0.1, 0.15) is 0 Å². The third kappa shape index (κ3) is 1.11. The normalized spacial score (nSPS) is 29.9.